The zero-order valence-corrected chi connectivity index (χ0v) is 9.92. The van der Waals surface area contributed by atoms with Crippen molar-refractivity contribution in [2.75, 3.05) is 5.32 Å². The molecule has 0 fully saturated rings. The van der Waals surface area contributed by atoms with Crippen LogP contribution in [0, 0.1) is 0 Å². The van der Waals surface area contributed by atoms with Crippen molar-refractivity contribution >= 4 is 38.8 Å². The summed E-state index contributed by atoms with van der Waals surface area (Å²) < 4.78 is 1.08. The van der Waals surface area contributed by atoms with E-state index in [0.717, 1.165) is 15.1 Å². The van der Waals surface area contributed by atoms with Crippen molar-refractivity contribution < 1.29 is 0 Å². The Kier molecular flexibility index (Phi) is 1.96. The molecule has 1 aliphatic rings. The van der Waals surface area contributed by atoms with Gasteiger partial charge in [-0.05, 0) is 31.5 Å². The molecular formula is C10H10BrNS. The molecule has 13 heavy (non-hydrogen) atoms. The number of hydrogen-bond donors (Lipinski definition) is 1. The quantitative estimate of drug-likeness (QED) is 0.713. The second-order valence-electron chi connectivity index (χ2n) is 3.77. The first-order chi connectivity index (χ1) is 6.01. The van der Waals surface area contributed by atoms with Gasteiger partial charge in [-0.2, -0.15) is 0 Å². The summed E-state index contributed by atoms with van der Waals surface area (Å²) in [5.41, 5.74) is 2.39. The highest BCUT2D eigenvalue weighted by Gasteiger charge is 2.34. The Morgan fingerprint density at radius 3 is 2.77 bits per heavy atom. The summed E-state index contributed by atoms with van der Waals surface area (Å²) in [5, 5.41) is 3.23. The van der Waals surface area contributed by atoms with Crippen molar-refractivity contribution in [1.29, 1.82) is 0 Å². The molecular weight excluding hydrogens is 246 g/mol. The molecule has 1 nitrogen and oxygen atoms in total. The van der Waals surface area contributed by atoms with Gasteiger partial charge in [-0.25, -0.2) is 0 Å². The van der Waals surface area contributed by atoms with Crippen molar-refractivity contribution in [2.24, 2.45) is 0 Å². The molecule has 68 valence electrons. The average Bonchev–Trinajstić information content (AvgIpc) is 2.23. The number of nitrogens with one attached hydrogen (secondary N) is 1. The van der Waals surface area contributed by atoms with Crippen LogP contribution < -0.4 is 5.32 Å². The van der Waals surface area contributed by atoms with E-state index in [1.165, 1.54) is 5.56 Å². The standard InChI is InChI=1S/C10H10BrNS/c1-10(2)7-4-3-6(11)5-8(7)12-9(10)13/h3-5H,1-2H3,(H,12,13). The average molecular weight is 256 g/mol. The van der Waals surface area contributed by atoms with E-state index in [4.69, 9.17) is 12.2 Å². The summed E-state index contributed by atoms with van der Waals surface area (Å²) >= 11 is 8.72. The van der Waals surface area contributed by atoms with Gasteiger partial charge < -0.3 is 5.32 Å². The maximum atomic E-state index is 5.28. The molecule has 1 aliphatic heterocycles. The number of rotatable bonds is 0. The fourth-order valence-corrected chi connectivity index (χ4v) is 2.15. The summed E-state index contributed by atoms with van der Waals surface area (Å²) in [5.74, 6) is 0. The van der Waals surface area contributed by atoms with Gasteiger partial charge in [0.05, 0.1) is 4.99 Å². The topological polar surface area (TPSA) is 12.0 Å². The minimum atomic E-state index is -0.0225. The molecule has 1 N–H and O–H groups in total. The molecule has 0 radical (unpaired) electrons. The molecule has 1 aromatic carbocycles. The van der Waals surface area contributed by atoms with Gasteiger partial charge >= 0.3 is 0 Å². The Morgan fingerprint density at radius 2 is 2.08 bits per heavy atom. The lowest BCUT2D eigenvalue weighted by Gasteiger charge is -2.17. The Balaban J connectivity index is 2.62. The van der Waals surface area contributed by atoms with Crippen molar-refractivity contribution in [3.63, 3.8) is 0 Å². The van der Waals surface area contributed by atoms with E-state index >= 15 is 0 Å². The maximum absolute atomic E-state index is 5.28. The zero-order valence-electron chi connectivity index (χ0n) is 7.52. The van der Waals surface area contributed by atoms with Crippen LogP contribution in [0.25, 0.3) is 0 Å². The van der Waals surface area contributed by atoms with Crippen LogP contribution in [0.3, 0.4) is 0 Å². The molecule has 2 rings (SSSR count). The minimum Gasteiger partial charge on any atom is -0.349 e. The summed E-state index contributed by atoms with van der Waals surface area (Å²) in [6.45, 7) is 4.28. The van der Waals surface area contributed by atoms with E-state index in [2.05, 4.69) is 53.3 Å². The molecule has 1 heterocycles. The molecule has 3 heteroatoms. The summed E-state index contributed by atoms with van der Waals surface area (Å²) in [7, 11) is 0. The van der Waals surface area contributed by atoms with Crippen molar-refractivity contribution in [3.8, 4) is 0 Å². The van der Waals surface area contributed by atoms with Crippen molar-refractivity contribution in [3.05, 3.63) is 28.2 Å². The van der Waals surface area contributed by atoms with Crippen LogP contribution in [0.2, 0.25) is 0 Å². The molecule has 0 atom stereocenters. The van der Waals surface area contributed by atoms with E-state index in [-0.39, 0.29) is 5.41 Å². The van der Waals surface area contributed by atoms with Gasteiger partial charge in [0.1, 0.15) is 0 Å². The molecule has 0 saturated carbocycles. The second-order valence-corrected chi connectivity index (χ2v) is 5.09. The highest BCUT2D eigenvalue weighted by molar-refractivity contribution is 9.10. The van der Waals surface area contributed by atoms with E-state index in [9.17, 15) is 0 Å². The predicted octanol–water partition coefficient (Wildman–Crippen LogP) is 3.48. The first kappa shape index (κ1) is 9.16. The third kappa shape index (κ3) is 1.30. The highest BCUT2D eigenvalue weighted by Crippen LogP contribution is 2.39. The monoisotopic (exact) mass is 255 g/mol. The van der Waals surface area contributed by atoms with Crippen LogP contribution in [0.1, 0.15) is 19.4 Å². The zero-order chi connectivity index (χ0) is 9.64. The maximum Gasteiger partial charge on any atom is 0.0899 e. The van der Waals surface area contributed by atoms with Gasteiger partial charge in [-0.1, -0.05) is 34.2 Å². The first-order valence-corrected chi connectivity index (χ1v) is 5.33. The van der Waals surface area contributed by atoms with Crippen LogP contribution in [0.4, 0.5) is 5.69 Å². The third-order valence-corrected chi connectivity index (χ3v) is 3.58. The summed E-state index contributed by atoms with van der Waals surface area (Å²) in [6, 6.07) is 6.23. The van der Waals surface area contributed by atoms with Crippen molar-refractivity contribution in [1.82, 2.24) is 0 Å². The molecule has 1 aromatic rings. The molecule has 0 saturated heterocycles. The normalized spacial score (nSPS) is 18.2. The SMILES string of the molecule is CC1(C)C(=S)Nc2cc(Br)ccc21. The fraction of sp³-hybridized carbons (Fsp3) is 0.300. The smallest absolute Gasteiger partial charge is 0.0899 e. The fourth-order valence-electron chi connectivity index (χ4n) is 1.57. The van der Waals surface area contributed by atoms with Crippen LogP contribution in [-0.2, 0) is 5.41 Å². The Bertz CT molecular complexity index is 385. The van der Waals surface area contributed by atoms with Gasteiger partial charge in [0.15, 0.2) is 0 Å². The lowest BCUT2D eigenvalue weighted by molar-refractivity contribution is 0.747. The molecule has 0 bridgehead atoms. The number of thiocarbonyl (C=S) groups is 1. The van der Waals surface area contributed by atoms with Crippen LogP contribution in [-0.4, -0.2) is 4.99 Å². The number of fused-ring (bicyclic) bond motifs is 1. The summed E-state index contributed by atoms with van der Waals surface area (Å²) in [4.78, 5) is 0.903. The number of benzene rings is 1. The lowest BCUT2D eigenvalue weighted by atomic mass is 9.87. The second kappa shape index (κ2) is 2.79. The van der Waals surface area contributed by atoms with Crippen LogP contribution >= 0.6 is 28.1 Å². The Morgan fingerprint density at radius 1 is 1.38 bits per heavy atom. The highest BCUT2D eigenvalue weighted by atomic mass is 79.9. The van der Waals surface area contributed by atoms with E-state index < -0.39 is 0 Å². The molecule has 0 unspecified atom stereocenters. The third-order valence-electron chi connectivity index (χ3n) is 2.47. The van der Waals surface area contributed by atoms with Crippen LogP contribution in [0.5, 0.6) is 0 Å². The van der Waals surface area contributed by atoms with Gasteiger partial charge in [0.25, 0.3) is 0 Å². The first-order valence-electron chi connectivity index (χ1n) is 4.13. The largest absolute Gasteiger partial charge is 0.349 e. The van der Waals surface area contributed by atoms with E-state index in [1.54, 1.807) is 0 Å². The van der Waals surface area contributed by atoms with Crippen LogP contribution in [0.15, 0.2) is 22.7 Å². The predicted molar refractivity (Wildman–Crippen MR) is 63.4 cm³/mol. The van der Waals surface area contributed by atoms with Gasteiger partial charge in [0.2, 0.25) is 0 Å². The Hall–Kier alpha value is -0.410. The van der Waals surface area contributed by atoms with E-state index in [0.29, 0.717) is 0 Å². The molecule has 0 amide bonds. The van der Waals surface area contributed by atoms with Crippen molar-refractivity contribution in [2.45, 2.75) is 19.3 Å². The molecule has 0 aliphatic carbocycles. The minimum absolute atomic E-state index is 0.0225. The molecule has 0 aromatic heterocycles. The number of halogens is 1. The van der Waals surface area contributed by atoms with E-state index in [1.807, 2.05) is 0 Å². The van der Waals surface area contributed by atoms with Gasteiger partial charge in [-0.3, -0.25) is 0 Å². The Labute approximate surface area is 91.7 Å². The number of anilines is 1. The molecule has 0 spiro atoms. The lowest BCUT2D eigenvalue weighted by Crippen LogP contribution is -2.24. The summed E-state index contributed by atoms with van der Waals surface area (Å²) in [6.07, 6.45) is 0. The number of hydrogen-bond acceptors (Lipinski definition) is 1. The van der Waals surface area contributed by atoms with Gasteiger partial charge in [0, 0.05) is 15.6 Å². The van der Waals surface area contributed by atoms with Gasteiger partial charge in [-0.15, -0.1) is 0 Å².